The van der Waals surface area contributed by atoms with Crippen molar-refractivity contribution in [3.05, 3.63) is 56.5 Å². The molecule has 9 nitrogen and oxygen atoms in total. The van der Waals surface area contributed by atoms with Gasteiger partial charge in [0.15, 0.2) is 0 Å². The molecule has 0 bridgehead atoms. The normalized spacial score (nSPS) is 11.3. The van der Waals surface area contributed by atoms with Gasteiger partial charge in [-0.2, -0.15) is 0 Å². The van der Waals surface area contributed by atoms with Gasteiger partial charge < -0.3 is 10.1 Å². The first-order valence-electron chi connectivity index (χ1n) is 10.2. The van der Waals surface area contributed by atoms with Crippen LogP contribution in [0.5, 0.6) is 5.75 Å². The number of hydrogen-bond acceptors (Lipinski definition) is 6. The van der Waals surface area contributed by atoms with Crippen molar-refractivity contribution in [2.45, 2.75) is 39.8 Å². The largest absolute Gasteiger partial charge is 0.494 e. The highest BCUT2D eigenvalue weighted by Gasteiger charge is 2.19. The van der Waals surface area contributed by atoms with Crippen LogP contribution in [0.3, 0.4) is 0 Å². The maximum absolute atomic E-state index is 13.0. The Morgan fingerprint density at radius 2 is 1.94 bits per heavy atom. The molecule has 3 aromatic heterocycles. The molecule has 4 aromatic rings. The van der Waals surface area contributed by atoms with E-state index < -0.39 is 11.6 Å². The predicted molar refractivity (Wildman–Crippen MR) is 120 cm³/mol. The number of nitrogens with zero attached hydrogens (tertiary/aromatic N) is 4. The Hall–Kier alpha value is -3.40. The number of anilines is 1. The molecule has 0 spiro atoms. The zero-order valence-electron chi connectivity index (χ0n) is 17.3. The van der Waals surface area contributed by atoms with Crippen molar-refractivity contribution in [2.75, 3.05) is 11.9 Å². The minimum absolute atomic E-state index is 0.165. The second-order valence-corrected chi connectivity index (χ2v) is 7.94. The Labute approximate surface area is 181 Å². The van der Waals surface area contributed by atoms with Gasteiger partial charge in [-0.1, -0.05) is 13.3 Å². The molecule has 0 radical (unpaired) electrons. The molecule has 1 aromatic carbocycles. The first-order valence-corrected chi connectivity index (χ1v) is 11.0. The van der Waals surface area contributed by atoms with Gasteiger partial charge in [0.25, 0.3) is 5.56 Å². The maximum Gasteiger partial charge on any atom is 0.352 e. The lowest BCUT2D eigenvalue weighted by Crippen LogP contribution is -2.29. The number of benzene rings is 1. The van der Waals surface area contributed by atoms with E-state index in [0.717, 1.165) is 17.5 Å². The van der Waals surface area contributed by atoms with Gasteiger partial charge in [-0.25, -0.2) is 13.9 Å². The molecule has 0 unspecified atom stereocenters. The maximum atomic E-state index is 13.0. The molecule has 4 rings (SSSR count). The van der Waals surface area contributed by atoms with Crippen molar-refractivity contribution in [1.82, 2.24) is 18.7 Å². The Morgan fingerprint density at radius 3 is 2.65 bits per heavy atom. The molecule has 0 aliphatic heterocycles. The molecule has 0 atom stereocenters. The molecule has 1 amide bonds. The summed E-state index contributed by atoms with van der Waals surface area (Å²) < 4.78 is 9.92. The number of hydrogen-bond donors (Lipinski definition) is 1. The van der Waals surface area contributed by atoms with Crippen LogP contribution in [0.25, 0.3) is 16.0 Å². The van der Waals surface area contributed by atoms with Gasteiger partial charge in [0, 0.05) is 12.2 Å². The Bertz CT molecular complexity index is 1350. The van der Waals surface area contributed by atoms with Gasteiger partial charge in [0.1, 0.15) is 17.0 Å². The molecule has 0 fully saturated rings. The van der Waals surface area contributed by atoms with Crippen LogP contribution in [0.4, 0.5) is 5.69 Å². The van der Waals surface area contributed by atoms with E-state index in [-0.39, 0.29) is 17.9 Å². The number of aromatic nitrogens is 4. The topological polar surface area (TPSA) is 99.6 Å². The Balaban J connectivity index is 1.66. The fraction of sp³-hybridized carbons (Fsp3) is 0.333. The first-order chi connectivity index (χ1) is 15.0. The summed E-state index contributed by atoms with van der Waals surface area (Å²) in [6.07, 6.45) is 1.68. The second kappa shape index (κ2) is 8.76. The smallest absolute Gasteiger partial charge is 0.352 e. The third-order valence-electron chi connectivity index (χ3n) is 4.87. The number of unbranched alkanes of at least 4 members (excludes halogenated alkanes) is 1. The number of nitrogens with one attached hydrogen (secondary N) is 1. The number of aryl methyl sites for hydroxylation is 1. The van der Waals surface area contributed by atoms with E-state index in [4.69, 9.17) is 4.74 Å². The predicted octanol–water partition coefficient (Wildman–Crippen LogP) is 2.71. The van der Waals surface area contributed by atoms with E-state index in [1.54, 1.807) is 35.7 Å². The summed E-state index contributed by atoms with van der Waals surface area (Å²) >= 11 is 1.29. The lowest BCUT2D eigenvalue weighted by atomic mass is 10.3. The van der Waals surface area contributed by atoms with Gasteiger partial charge in [-0.3, -0.25) is 14.2 Å². The zero-order valence-corrected chi connectivity index (χ0v) is 18.1. The Kier molecular flexibility index (Phi) is 5.90. The molecule has 10 heteroatoms. The fourth-order valence-corrected chi connectivity index (χ4v) is 4.22. The SMILES string of the molecule is CCCCn1c(=O)c2sccc2n2c(=O)n(CC(=O)Nc3ccc(OCC)cc3)nc12. The van der Waals surface area contributed by atoms with Crippen LogP contribution < -0.4 is 21.3 Å². The summed E-state index contributed by atoms with van der Waals surface area (Å²) in [6, 6.07) is 8.71. The van der Waals surface area contributed by atoms with E-state index in [2.05, 4.69) is 10.4 Å². The summed E-state index contributed by atoms with van der Waals surface area (Å²) in [5, 5.41) is 8.86. The Morgan fingerprint density at radius 1 is 1.16 bits per heavy atom. The van der Waals surface area contributed by atoms with Crippen molar-refractivity contribution in [3.63, 3.8) is 0 Å². The summed E-state index contributed by atoms with van der Waals surface area (Å²) in [5.74, 6) is 0.573. The van der Waals surface area contributed by atoms with Crippen molar-refractivity contribution in [2.24, 2.45) is 0 Å². The number of rotatable bonds is 8. The number of amides is 1. The van der Waals surface area contributed by atoms with Crippen molar-refractivity contribution < 1.29 is 9.53 Å². The third kappa shape index (κ3) is 3.98. The number of thiophene rings is 1. The van der Waals surface area contributed by atoms with E-state index in [1.807, 2.05) is 13.8 Å². The standard InChI is InChI=1S/C21H23N5O4S/c1-3-5-11-24-19(28)18-16(10-12-31-18)26-20(24)23-25(21(26)29)13-17(27)22-14-6-8-15(9-7-14)30-4-2/h6-10,12H,3-5,11,13H2,1-2H3,(H,22,27). The first kappa shape index (κ1) is 20.9. The van der Waals surface area contributed by atoms with E-state index in [0.29, 0.717) is 34.8 Å². The van der Waals surface area contributed by atoms with Gasteiger partial charge in [0.05, 0.1) is 12.1 Å². The van der Waals surface area contributed by atoms with Crippen LogP contribution >= 0.6 is 11.3 Å². The molecule has 0 saturated heterocycles. The molecule has 1 N–H and O–H groups in total. The van der Waals surface area contributed by atoms with Gasteiger partial charge in [0.2, 0.25) is 11.7 Å². The molecule has 3 heterocycles. The van der Waals surface area contributed by atoms with Crippen LogP contribution in [-0.4, -0.2) is 31.3 Å². The minimum atomic E-state index is -0.453. The van der Waals surface area contributed by atoms with E-state index in [9.17, 15) is 14.4 Å². The molecule has 0 saturated carbocycles. The molecular formula is C21H23N5O4S. The van der Waals surface area contributed by atoms with Crippen LogP contribution in [0.1, 0.15) is 26.7 Å². The number of carbonyl (C=O) groups is 1. The molecule has 0 aliphatic rings. The van der Waals surface area contributed by atoms with E-state index in [1.165, 1.54) is 20.3 Å². The van der Waals surface area contributed by atoms with E-state index >= 15 is 0 Å². The summed E-state index contributed by atoms with van der Waals surface area (Å²) in [5.41, 5.74) is 0.485. The summed E-state index contributed by atoms with van der Waals surface area (Å²) in [6.45, 7) is 4.68. The second-order valence-electron chi connectivity index (χ2n) is 7.03. The van der Waals surface area contributed by atoms with Crippen LogP contribution in [0.15, 0.2) is 45.3 Å². The highest BCUT2D eigenvalue weighted by atomic mass is 32.1. The fourth-order valence-electron chi connectivity index (χ4n) is 3.39. The van der Waals surface area contributed by atoms with Crippen molar-refractivity contribution in [1.29, 1.82) is 0 Å². The zero-order chi connectivity index (χ0) is 22.0. The lowest BCUT2D eigenvalue weighted by Gasteiger charge is -2.07. The highest BCUT2D eigenvalue weighted by Crippen LogP contribution is 2.18. The average Bonchev–Trinajstić information content (AvgIpc) is 3.35. The summed E-state index contributed by atoms with van der Waals surface area (Å²) in [4.78, 5) is 38.5. The molecule has 0 aliphatic carbocycles. The van der Waals surface area contributed by atoms with Crippen molar-refractivity contribution in [3.8, 4) is 5.75 Å². The van der Waals surface area contributed by atoms with Crippen molar-refractivity contribution >= 4 is 38.9 Å². The average molecular weight is 442 g/mol. The van der Waals surface area contributed by atoms with Gasteiger partial charge in [-0.15, -0.1) is 16.4 Å². The van der Waals surface area contributed by atoms with Crippen LogP contribution in [0.2, 0.25) is 0 Å². The lowest BCUT2D eigenvalue weighted by molar-refractivity contribution is -0.117. The number of carbonyl (C=O) groups excluding carboxylic acids is 1. The van der Waals surface area contributed by atoms with Gasteiger partial charge in [-0.05, 0) is 49.1 Å². The highest BCUT2D eigenvalue weighted by molar-refractivity contribution is 7.17. The monoisotopic (exact) mass is 441 g/mol. The molecular weight excluding hydrogens is 418 g/mol. The minimum Gasteiger partial charge on any atom is -0.494 e. The molecule has 162 valence electrons. The van der Waals surface area contributed by atoms with Gasteiger partial charge >= 0.3 is 5.69 Å². The number of fused-ring (bicyclic) bond motifs is 3. The summed E-state index contributed by atoms with van der Waals surface area (Å²) in [7, 11) is 0. The number of ether oxygens (including phenoxy) is 1. The van der Waals surface area contributed by atoms with Crippen LogP contribution in [0, 0.1) is 0 Å². The van der Waals surface area contributed by atoms with Crippen LogP contribution in [-0.2, 0) is 17.9 Å². The third-order valence-corrected chi connectivity index (χ3v) is 5.76. The quantitative estimate of drug-likeness (QED) is 0.453. The molecule has 31 heavy (non-hydrogen) atoms.